The van der Waals surface area contributed by atoms with E-state index in [-0.39, 0.29) is 17.9 Å². The Morgan fingerprint density at radius 3 is 2.52 bits per heavy atom. The van der Waals surface area contributed by atoms with Crippen molar-refractivity contribution in [3.05, 3.63) is 54.1 Å². The van der Waals surface area contributed by atoms with Crippen LogP contribution in [0.2, 0.25) is 0 Å². The molecule has 0 aliphatic carbocycles. The first-order valence-corrected chi connectivity index (χ1v) is 10.1. The van der Waals surface area contributed by atoms with Crippen LogP contribution in [0.4, 0.5) is 5.69 Å². The van der Waals surface area contributed by atoms with Crippen LogP contribution in [0.25, 0.3) is 0 Å². The Morgan fingerprint density at radius 1 is 1.07 bits per heavy atom. The van der Waals surface area contributed by atoms with Crippen LogP contribution in [0.3, 0.4) is 0 Å². The highest BCUT2D eigenvalue weighted by Crippen LogP contribution is 2.15. The lowest BCUT2D eigenvalue weighted by molar-refractivity contribution is -0.147. The minimum absolute atomic E-state index is 0.00475. The zero-order chi connectivity index (χ0) is 19.9. The second kappa shape index (κ2) is 9.18. The molecule has 2 aromatic rings. The predicted octanol–water partition coefficient (Wildman–Crippen LogP) is 2.35. The fourth-order valence-electron chi connectivity index (χ4n) is 2.18. The molecule has 0 fully saturated rings. The van der Waals surface area contributed by atoms with Crippen molar-refractivity contribution < 1.29 is 27.5 Å². The number of ether oxygens (including phenoxy) is 2. The monoisotopic (exact) mass is 391 g/mol. The van der Waals surface area contributed by atoms with Crippen molar-refractivity contribution in [1.82, 2.24) is 0 Å². The molecule has 0 atom stereocenters. The quantitative estimate of drug-likeness (QED) is 0.694. The summed E-state index contributed by atoms with van der Waals surface area (Å²) in [5, 5.41) is 2.49. The van der Waals surface area contributed by atoms with E-state index < -0.39 is 28.3 Å². The summed E-state index contributed by atoms with van der Waals surface area (Å²) in [5.74, 6) is -0.470. The van der Waals surface area contributed by atoms with E-state index in [0.717, 1.165) is 11.8 Å². The van der Waals surface area contributed by atoms with Gasteiger partial charge in [0.15, 0.2) is 16.4 Å². The van der Waals surface area contributed by atoms with E-state index in [2.05, 4.69) is 5.32 Å². The number of carbonyl (C=O) groups excluding carboxylic acids is 2. The Balaban J connectivity index is 1.74. The molecule has 0 aliphatic rings. The van der Waals surface area contributed by atoms with E-state index >= 15 is 0 Å². The summed E-state index contributed by atoms with van der Waals surface area (Å²) in [6.07, 6.45) is 1.08. The van der Waals surface area contributed by atoms with E-state index in [4.69, 9.17) is 9.47 Å². The summed E-state index contributed by atoms with van der Waals surface area (Å²) in [6, 6.07) is 13.3. The van der Waals surface area contributed by atoms with Gasteiger partial charge in [-0.2, -0.15) is 0 Å². The van der Waals surface area contributed by atoms with Gasteiger partial charge in [0, 0.05) is 11.9 Å². The molecule has 7 nitrogen and oxygen atoms in total. The van der Waals surface area contributed by atoms with Gasteiger partial charge in [-0.15, -0.1) is 0 Å². The van der Waals surface area contributed by atoms with E-state index in [9.17, 15) is 18.0 Å². The van der Waals surface area contributed by atoms with Crippen molar-refractivity contribution in [3.63, 3.8) is 0 Å². The molecule has 0 saturated carbocycles. The molecule has 1 N–H and O–H groups in total. The average Bonchev–Trinajstić information content (AvgIpc) is 2.59. The van der Waals surface area contributed by atoms with Crippen molar-refractivity contribution in [2.75, 3.05) is 24.8 Å². The maximum atomic E-state index is 11.8. The van der Waals surface area contributed by atoms with Crippen LogP contribution in [0, 0.1) is 6.92 Å². The lowest BCUT2D eigenvalue weighted by Gasteiger charge is -2.09. The molecule has 0 unspecified atom stereocenters. The standard InChI is InChI=1S/C19H21NO6S/c1-14-5-3-7-16(11-14)25-10-9-19(22)26-13-18(21)20-15-6-4-8-17(12-15)27(2,23)24/h3-8,11-12H,9-10,13H2,1-2H3,(H,20,21). The third-order valence-corrected chi connectivity index (χ3v) is 4.58. The summed E-state index contributed by atoms with van der Waals surface area (Å²) in [4.78, 5) is 23.6. The van der Waals surface area contributed by atoms with Crippen LogP contribution >= 0.6 is 0 Å². The Hall–Kier alpha value is -2.87. The summed E-state index contributed by atoms with van der Waals surface area (Å²) in [5.41, 5.74) is 1.36. The smallest absolute Gasteiger partial charge is 0.309 e. The normalized spacial score (nSPS) is 10.9. The van der Waals surface area contributed by atoms with Gasteiger partial charge in [-0.05, 0) is 42.8 Å². The predicted molar refractivity (Wildman–Crippen MR) is 100 cm³/mol. The molecule has 8 heteroatoms. The second-order valence-corrected chi connectivity index (χ2v) is 7.94. The van der Waals surface area contributed by atoms with Crippen LogP contribution < -0.4 is 10.1 Å². The van der Waals surface area contributed by atoms with E-state index in [0.29, 0.717) is 11.4 Å². The lowest BCUT2D eigenvalue weighted by Crippen LogP contribution is -2.21. The number of carbonyl (C=O) groups is 2. The molecule has 0 heterocycles. The Labute approximate surface area is 158 Å². The van der Waals surface area contributed by atoms with Crippen molar-refractivity contribution in [2.45, 2.75) is 18.2 Å². The number of anilines is 1. The molecule has 0 saturated heterocycles. The molecular formula is C19H21NO6S. The molecule has 0 aromatic heterocycles. The highest BCUT2D eigenvalue weighted by molar-refractivity contribution is 7.90. The Kier molecular flexibility index (Phi) is 6.95. The molecule has 0 aliphatic heterocycles. The highest BCUT2D eigenvalue weighted by atomic mass is 32.2. The SMILES string of the molecule is Cc1cccc(OCCC(=O)OCC(=O)Nc2cccc(S(C)(=O)=O)c2)c1. The maximum absolute atomic E-state index is 11.8. The van der Waals surface area contributed by atoms with Crippen LogP contribution in [-0.2, 0) is 24.2 Å². The average molecular weight is 391 g/mol. The Morgan fingerprint density at radius 2 is 1.81 bits per heavy atom. The van der Waals surface area contributed by atoms with Gasteiger partial charge in [0.05, 0.1) is 17.9 Å². The maximum Gasteiger partial charge on any atom is 0.309 e. The Bertz CT molecular complexity index is 923. The molecule has 144 valence electrons. The van der Waals surface area contributed by atoms with Gasteiger partial charge in [0.25, 0.3) is 5.91 Å². The van der Waals surface area contributed by atoms with Crippen molar-refractivity contribution in [2.24, 2.45) is 0 Å². The number of nitrogens with one attached hydrogen (secondary N) is 1. The van der Waals surface area contributed by atoms with Gasteiger partial charge in [0.2, 0.25) is 0 Å². The summed E-state index contributed by atoms with van der Waals surface area (Å²) >= 11 is 0. The molecule has 2 rings (SSSR count). The number of sulfone groups is 1. The minimum Gasteiger partial charge on any atom is -0.493 e. The highest BCUT2D eigenvalue weighted by Gasteiger charge is 2.11. The number of hydrogen-bond donors (Lipinski definition) is 1. The zero-order valence-corrected chi connectivity index (χ0v) is 15.9. The van der Waals surface area contributed by atoms with E-state index in [1.807, 2.05) is 25.1 Å². The van der Waals surface area contributed by atoms with Crippen LogP contribution in [0.1, 0.15) is 12.0 Å². The van der Waals surface area contributed by atoms with Gasteiger partial charge in [0.1, 0.15) is 5.75 Å². The molecule has 2 aromatic carbocycles. The first-order chi connectivity index (χ1) is 12.7. The first kappa shape index (κ1) is 20.4. The molecule has 27 heavy (non-hydrogen) atoms. The summed E-state index contributed by atoms with van der Waals surface area (Å²) in [7, 11) is -3.37. The molecule has 0 spiro atoms. The topological polar surface area (TPSA) is 98.8 Å². The largest absolute Gasteiger partial charge is 0.493 e. The van der Waals surface area contributed by atoms with Crippen molar-refractivity contribution >= 4 is 27.4 Å². The third-order valence-electron chi connectivity index (χ3n) is 3.47. The number of aryl methyl sites for hydroxylation is 1. The lowest BCUT2D eigenvalue weighted by atomic mass is 10.2. The fourth-order valence-corrected chi connectivity index (χ4v) is 2.84. The zero-order valence-electron chi connectivity index (χ0n) is 15.1. The van der Waals surface area contributed by atoms with Crippen molar-refractivity contribution in [1.29, 1.82) is 0 Å². The number of esters is 1. The molecule has 0 bridgehead atoms. The van der Waals surface area contributed by atoms with E-state index in [1.54, 1.807) is 12.1 Å². The minimum atomic E-state index is -3.37. The molecule has 0 radical (unpaired) electrons. The molecule has 1 amide bonds. The number of hydrogen-bond acceptors (Lipinski definition) is 6. The van der Waals surface area contributed by atoms with Crippen molar-refractivity contribution in [3.8, 4) is 5.75 Å². The van der Waals surface area contributed by atoms with Gasteiger partial charge < -0.3 is 14.8 Å². The second-order valence-electron chi connectivity index (χ2n) is 5.92. The number of benzene rings is 2. The molecular weight excluding hydrogens is 370 g/mol. The summed E-state index contributed by atoms with van der Waals surface area (Å²) in [6.45, 7) is 1.61. The van der Waals surface area contributed by atoms with Crippen LogP contribution in [0.5, 0.6) is 5.75 Å². The fraction of sp³-hybridized carbons (Fsp3) is 0.263. The first-order valence-electron chi connectivity index (χ1n) is 8.19. The number of amides is 1. The van der Waals surface area contributed by atoms with Gasteiger partial charge in [-0.3, -0.25) is 9.59 Å². The number of rotatable bonds is 8. The van der Waals surface area contributed by atoms with E-state index in [1.165, 1.54) is 18.2 Å². The van der Waals surface area contributed by atoms with Crippen LogP contribution in [-0.4, -0.2) is 39.8 Å². The van der Waals surface area contributed by atoms with Gasteiger partial charge in [-0.25, -0.2) is 8.42 Å². The van der Waals surface area contributed by atoms with Gasteiger partial charge >= 0.3 is 5.97 Å². The van der Waals surface area contributed by atoms with Crippen LogP contribution in [0.15, 0.2) is 53.4 Å². The third kappa shape index (κ3) is 7.10. The summed E-state index contributed by atoms with van der Waals surface area (Å²) < 4.78 is 33.4. The van der Waals surface area contributed by atoms with Gasteiger partial charge in [-0.1, -0.05) is 18.2 Å².